The number of hydrogen-bond acceptors (Lipinski definition) is 4. The van der Waals surface area contributed by atoms with Crippen LogP contribution in [0, 0.1) is 0 Å². The van der Waals surface area contributed by atoms with Gasteiger partial charge in [0.1, 0.15) is 0 Å². The summed E-state index contributed by atoms with van der Waals surface area (Å²) in [4.78, 5) is 8.56. The number of hydrogen-bond donors (Lipinski definition) is 1. The molecule has 0 unspecified atom stereocenters. The van der Waals surface area contributed by atoms with Crippen LogP contribution in [-0.4, -0.2) is 26.1 Å². The van der Waals surface area contributed by atoms with E-state index in [1.54, 1.807) is 10.7 Å². The quantitative estimate of drug-likeness (QED) is 0.802. The van der Waals surface area contributed by atoms with E-state index >= 15 is 0 Å². The van der Waals surface area contributed by atoms with Crippen LogP contribution in [0.3, 0.4) is 0 Å². The van der Waals surface area contributed by atoms with Gasteiger partial charge >= 0.3 is 0 Å². The van der Waals surface area contributed by atoms with Gasteiger partial charge in [-0.3, -0.25) is 0 Å². The van der Waals surface area contributed by atoms with Crippen molar-refractivity contribution in [3.63, 3.8) is 0 Å². The van der Waals surface area contributed by atoms with Crippen molar-refractivity contribution in [2.45, 2.75) is 26.2 Å². The van der Waals surface area contributed by atoms with Crippen LogP contribution in [0.5, 0.6) is 0 Å². The van der Waals surface area contributed by atoms with E-state index in [1.807, 2.05) is 6.20 Å². The third-order valence-corrected chi connectivity index (χ3v) is 2.21. The van der Waals surface area contributed by atoms with Crippen molar-refractivity contribution in [3.05, 3.63) is 23.8 Å². The molecule has 0 radical (unpaired) electrons. The minimum Gasteiger partial charge on any atom is -0.330 e. The van der Waals surface area contributed by atoms with Crippen molar-refractivity contribution >= 4 is 5.78 Å². The minimum absolute atomic E-state index is 0.324. The molecule has 0 aliphatic heterocycles. The summed E-state index contributed by atoms with van der Waals surface area (Å²) in [6.45, 7) is 4.75. The monoisotopic (exact) mass is 205 g/mol. The van der Waals surface area contributed by atoms with E-state index < -0.39 is 0 Å². The summed E-state index contributed by atoms with van der Waals surface area (Å²) in [5.74, 6) is 1.80. The van der Waals surface area contributed by atoms with Crippen LogP contribution in [-0.2, 0) is 6.42 Å². The van der Waals surface area contributed by atoms with Gasteiger partial charge in [-0.15, -0.1) is 5.10 Å². The van der Waals surface area contributed by atoms with Gasteiger partial charge in [0.05, 0.1) is 0 Å². The summed E-state index contributed by atoms with van der Waals surface area (Å²) < 4.78 is 1.72. The van der Waals surface area contributed by atoms with Gasteiger partial charge in [0, 0.05) is 18.3 Å². The number of nitrogens with zero attached hydrogens (tertiary/aromatic N) is 4. The van der Waals surface area contributed by atoms with E-state index in [2.05, 4.69) is 28.9 Å². The normalized spacial score (nSPS) is 11.5. The summed E-state index contributed by atoms with van der Waals surface area (Å²) in [6.07, 6.45) is 4.56. The van der Waals surface area contributed by atoms with Crippen LogP contribution in [0.1, 0.15) is 31.2 Å². The molecule has 0 saturated heterocycles. The molecule has 0 aliphatic rings. The van der Waals surface area contributed by atoms with E-state index in [0.717, 1.165) is 17.8 Å². The first-order valence-electron chi connectivity index (χ1n) is 5.12. The second-order valence-corrected chi connectivity index (χ2v) is 3.87. The van der Waals surface area contributed by atoms with Crippen molar-refractivity contribution < 1.29 is 0 Å². The first-order valence-corrected chi connectivity index (χ1v) is 5.12. The molecule has 5 heteroatoms. The summed E-state index contributed by atoms with van der Waals surface area (Å²) in [6, 6.07) is 0. The molecule has 2 aromatic heterocycles. The number of aromatic nitrogens is 4. The zero-order valence-electron chi connectivity index (χ0n) is 9.01. The van der Waals surface area contributed by atoms with Crippen molar-refractivity contribution in [2.24, 2.45) is 5.73 Å². The number of fused-ring (bicyclic) bond motifs is 1. The standard InChI is InChI=1S/C10H15N5/c1-7(2)9-13-10-12-5-8(3-4-11)6-15(10)14-9/h5-7H,3-4,11H2,1-2H3. The molecule has 0 aliphatic carbocycles. The smallest absolute Gasteiger partial charge is 0.252 e. The van der Waals surface area contributed by atoms with E-state index in [-0.39, 0.29) is 0 Å². The lowest BCUT2D eigenvalue weighted by Gasteiger charge is -1.97. The van der Waals surface area contributed by atoms with Gasteiger partial charge in [0.15, 0.2) is 5.82 Å². The van der Waals surface area contributed by atoms with Gasteiger partial charge in [-0.2, -0.15) is 4.98 Å². The Morgan fingerprint density at radius 3 is 2.93 bits per heavy atom. The van der Waals surface area contributed by atoms with Crippen molar-refractivity contribution in [1.29, 1.82) is 0 Å². The Labute approximate surface area is 88.3 Å². The SMILES string of the molecule is CC(C)c1nc2ncc(CCN)cn2n1. The van der Waals surface area contributed by atoms with Crippen molar-refractivity contribution in [1.82, 2.24) is 19.6 Å². The lowest BCUT2D eigenvalue weighted by Crippen LogP contribution is -2.04. The molecule has 2 aromatic rings. The average molecular weight is 205 g/mol. The fraction of sp³-hybridized carbons (Fsp3) is 0.500. The number of rotatable bonds is 3. The Kier molecular flexibility index (Phi) is 2.64. The molecule has 80 valence electrons. The fourth-order valence-corrected chi connectivity index (χ4v) is 1.38. The summed E-state index contributed by atoms with van der Waals surface area (Å²) in [7, 11) is 0. The molecule has 0 saturated carbocycles. The molecule has 0 bridgehead atoms. The molecule has 2 heterocycles. The second kappa shape index (κ2) is 3.94. The highest BCUT2D eigenvalue weighted by Gasteiger charge is 2.08. The fourth-order valence-electron chi connectivity index (χ4n) is 1.38. The molecule has 2 N–H and O–H groups in total. The third-order valence-electron chi connectivity index (χ3n) is 2.21. The summed E-state index contributed by atoms with van der Waals surface area (Å²) in [5.41, 5.74) is 6.57. The maximum Gasteiger partial charge on any atom is 0.252 e. The molecular weight excluding hydrogens is 190 g/mol. The first-order chi connectivity index (χ1) is 7.20. The Morgan fingerprint density at radius 2 is 2.27 bits per heavy atom. The summed E-state index contributed by atoms with van der Waals surface area (Å²) >= 11 is 0. The Morgan fingerprint density at radius 1 is 1.47 bits per heavy atom. The van der Waals surface area contributed by atoms with Gasteiger partial charge in [-0.1, -0.05) is 13.8 Å². The zero-order chi connectivity index (χ0) is 10.8. The highest BCUT2D eigenvalue weighted by atomic mass is 15.3. The molecule has 0 aromatic carbocycles. The zero-order valence-corrected chi connectivity index (χ0v) is 9.01. The van der Waals surface area contributed by atoms with Gasteiger partial charge < -0.3 is 5.73 Å². The molecule has 0 spiro atoms. The molecule has 0 amide bonds. The topological polar surface area (TPSA) is 69.1 Å². The van der Waals surface area contributed by atoms with Gasteiger partial charge in [-0.05, 0) is 18.5 Å². The first kappa shape index (κ1) is 10.0. The lowest BCUT2D eigenvalue weighted by molar-refractivity contribution is 0.762. The lowest BCUT2D eigenvalue weighted by atomic mass is 10.2. The van der Waals surface area contributed by atoms with Crippen LogP contribution in [0.15, 0.2) is 12.4 Å². The molecule has 5 nitrogen and oxygen atoms in total. The Balaban J connectivity index is 2.43. The van der Waals surface area contributed by atoms with Crippen LogP contribution in [0.4, 0.5) is 0 Å². The third kappa shape index (κ3) is 1.97. The second-order valence-electron chi connectivity index (χ2n) is 3.87. The van der Waals surface area contributed by atoms with Gasteiger partial charge in [0.25, 0.3) is 5.78 Å². The Hall–Kier alpha value is -1.49. The summed E-state index contributed by atoms with van der Waals surface area (Å²) in [5, 5.41) is 4.36. The van der Waals surface area contributed by atoms with Crippen LogP contribution < -0.4 is 5.73 Å². The average Bonchev–Trinajstić information content (AvgIpc) is 2.61. The molecule has 2 rings (SSSR count). The minimum atomic E-state index is 0.324. The van der Waals surface area contributed by atoms with Crippen molar-refractivity contribution in [2.75, 3.05) is 6.54 Å². The predicted molar refractivity (Wildman–Crippen MR) is 57.6 cm³/mol. The van der Waals surface area contributed by atoms with Gasteiger partial charge in [0.2, 0.25) is 0 Å². The number of nitrogens with two attached hydrogens (primary N) is 1. The highest BCUT2D eigenvalue weighted by Crippen LogP contribution is 2.10. The maximum atomic E-state index is 5.48. The van der Waals surface area contributed by atoms with E-state index in [0.29, 0.717) is 18.2 Å². The predicted octanol–water partition coefficient (Wildman–Crippen LogP) is 0.749. The van der Waals surface area contributed by atoms with Crippen LogP contribution >= 0.6 is 0 Å². The largest absolute Gasteiger partial charge is 0.330 e. The molecule has 15 heavy (non-hydrogen) atoms. The van der Waals surface area contributed by atoms with E-state index in [4.69, 9.17) is 5.73 Å². The maximum absolute atomic E-state index is 5.48. The van der Waals surface area contributed by atoms with Crippen LogP contribution in [0.2, 0.25) is 0 Å². The van der Waals surface area contributed by atoms with E-state index in [1.165, 1.54) is 0 Å². The highest BCUT2D eigenvalue weighted by molar-refractivity contribution is 5.28. The molecule has 0 fully saturated rings. The van der Waals surface area contributed by atoms with Crippen molar-refractivity contribution in [3.8, 4) is 0 Å². The Bertz CT molecular complexity index is 460. The van der Waals surface area contributed by atoms with E-state index in [9.17, 15) is 0 Å². The molecular formula is C10H15N5. The van der Waals surface area contributed by atoms with Crippen LogP contribution in [0.25, 0.3) is 5.78 Å². The molecule has 0 atom stereocenters. The van der Waals surface area contributed by atoms with Gasteiger partial charge in [-0.25, -0.2) is 9.50 Å².